The molecule has 3 N–H and O–H groups in total. The summed E-state index contributed by atoms with van der Waals surface area (Å²) in [4.78, 5) is 0. The summed E-state index contributed by atoms with van der Waals surface area (Å²) >= 11 is 0. The van der Waals surface area contributed by atoms with Crippen molar-refractivity contribution in [2.24, 2.45) is 11.8 Å². The lowest BCUT2D eigenvalue weighted by Gasteiger charge is -2.07. The van der Waals surface area contributed by atoms with Gasteiger partial charge in [-0.15, -0.1) is 0 Å². The van der Waals surface area contributed by atoms with Gasteiger partial charge in [-0.2, -0.15) is 0 Å². The van der Waals surface area contributed by atoms with Crippen molar-refractivity contribution in [3.8, 4) is 0 Å². The number of nitrogens with zero attached hydrogens (tertiary/aromatic N) is 1. The molecule has 2 atom stereocenters. The van der Waals surface area contributed by atoms with Crippen LogP contribution in [0, 0.1) is 5.92 Å². The quantitative estimate of drug-likeness (QED) is 0.418. The van der Waals surface area contributed by atoms with Crippen LogP contribution in [0.5, 0.6) is 0 Å². The topological polar surface area (TPSA) is 41.9 Å². The van der Waals surface area contributed by atoms with Crippen molar-refractivity contribution in [3.63, 3.8) is 0 Å². The standard InChI is InChI=1S/C11H18N3/c12-13-11-5-4-10(8-11)9-14-6-2-1-3-7-14/h1-3,6-7,10-11,13H,4-5,8-9,12H2/q+1. The minimum Gasteiger partial charge on any atom is -0.271 e. The molecule has 1 aliphatic rings. The van der Waals surface area contributed by atoms with Crippen molar-refractivity contribution in [3.05, 3.63) is 30.6 Å². The number of hydrogen-bond donors (Lipinski definition) is 2. The lowest BCUT2D eigenvalue weighted by atomic mass is 10.1. The molecule has 3 nitrogen and oxygen atoms in total. The van der Waals surface area contributed by atoms with Gasteiger partial charge in [0.2, 0.25) is 0 Å². The Kier molecular flexibility index (Phi) is 3.11. The minimum absolute atomic E-state index is 0.532. The van der Waals surface area contributed by atoms with Crippen LogP contribution in [0.25, 0.3) is 0 Å². The Hall–Kier alpha value is -0.930. The number of hydrazine groups is 1. The van der Waals surface area contributed by atoms with Crippen LogP contribution in [-0.2, 0) is 6.54 Å². The van der Waals surface area contributed by atoms with Crippen LogP contribution in [-0.4, -0.2) is 6.04 Å². The fourth-order valence-corrected chi connectivity index (χ4v) is 2.25. The molecule has 1 saturated carbocycles. The Labute approximate surface area is 84.9 Å². The van der Waals surface area contributed by atoms with E-state index >= 15 is 0 Å². The molecule has 1 fully saturated rings. The molecule has 0 radical (unpaired) electrons. The Morgan fingerprint density at radius 1 is 1.21 bits per heavy atom. The molecule has 14 heavy (non-hydrogen) atoms. The van der Waals surface area contributed by atoms with Crippen molar-refractivity contribution in [2.45, 2.75) is 31.8 Å². The van der Waals surface area contributed by atoms with E-state index in [0.717, 1.165) is 12.5 Å². The number of pyridine rings is 1. The summed E-state index contributed by atoms with van der Waals surface area (Å²) < 4.78 is 2.25. The first kappa shape index (κ1) is 9.62. The van der Waals surface area contributed by atoms with Gasteiger partial charge in [0.05, 0.1) is 0 Å². The molecule has 3 heteroatoms. The highest BCUT2D eigenvalue weighted by Gasteiger charge is 2.26. The van der Waals surface area contributed by atoms with Gasteiger partial charge in [-0.25, -0.2) is 4.57 Å². The highest BCUT2D eigenvalue weighted by molar-refractivity contribution is 4.84. The van der Waals surface area contributed by atoms with Crippen molar-refractivity contribution in [1.82, 2.24) is 5.43 Å². The van der Waals surface area contributed by atoms with Gasteiger partial charge in [-0.3, -0.25) is 11.3 Å². The summed E-state index contributed by atoms with van der Waals surface area (Å²) in [6.07, 6.45) is 7.97. The van der Waals surface area contributed by atoms with E-state index in [2.05, 4.69) is 40.6 Å². The molecule has 1 heterocycles. The Morgan fingerprint density at radius 3 is 2.64 bits per heavy atom. The molecule has 0 aliphatic heterocycles. The van der Waals surface area contributed by atoms with Crippen molar-refractivity contribution in [2.75, 3.05) is 0 Å². The molecule has 0 spiro atoms. The minimum atomic E-state index is 0.532. The third-order valence-electron chi connectivity index (χ3n) is 3.02. The van der Waals surface area contributed by atoms with Gasteiger partial charge in [0.25, 0.3) is 0 Å². The second kappa shape index (κ2) is 4.53. The summed E-state index contributed by atoms with van der Waals surface area (Å²) in [5, 5.41) is 0. The predicted octanol–water partition coefficient (Wildman–Crippen LogP) is 0.606. The van der Waals surface area contributed by atoms with Crippen molar-refractivity contribution >= 4 is 0 Å². The van der Waals surface area contributed by atoms with E-state index in [1.807, 2.05) is 0 Å². The molecular weight excluding hydrogens is 174 g/mol. The van der Waals surface area contributed by atoms with Crippen LogP contribution in [0.1, 0.15) is 19.3 Å². The number of rotatable bonds is 3. The highest BCUT2D eigenvalue weighted by atomic mass is 15.2. The van der Waals surface area contributed by atoms with Gasteiger partial charge >= 0.3 is 0 Å². The average Bonchev–Trinajstić information content (AvgIpc) is 2.67. The summed E-state index contributed by atoms with van der Waals surface area (Å²) in [5.41, 5.74) is 2.87. The van der Waals surface area contributed by atoms with Crippen LogP contribution in [0.2, 0.25) is 0 Å². The molecular formula is C11H18N3+. The number of aromatic nitrogens is 1. The van der Waals surface area contributed by atoms with Crippen LogP contribution >= 0.6 is 0 Å². The second-order valence-corrected chi connectivity index (χ2v) is 4.11. The monoisotopic (exact) mass is 192 g/mol. The first-order valence-corrected chi connectivity index (χ1v) is 5.28. The fourth-order valence-electron chi connectivity index (χ4n) is 2.25. The van der Waals surface area contributed by atoms with Gasteiger partial charge in [0, 0.05) is 24.1 Å². The van der Waals surface area contributed by atoms with Crippen LogP contribution in [0.4, 0.5) is 0 Å². The van der Waals surface area contributed by atoms with Crippen LogP contribution in [0.15, 0.2) is 30.6 Å². The maximum absolute atomic E-state index is 5.43. The highest BCUT2D eigenvalue weighted by Crippen LogP contribution is 2.24. The van der Waals surface area contributed by atoms with Gasteiger partial charge in [0.1, 0.15) is 0 Å². The zero-order chi connectivity index (χ0) is 9.80. The normalized spacial score (nSPS) is 26.6. The van der Waals surface area contributed by atoms with Crippen LogP contribution in [0.3, 0.4) is 0 Å². The lowest BCUT2D eigenvalue weighted by Crippen LogP contribution is -2.37. The van der Waals surface area contributed by atoms with E-state index in [0.29, 0.717) is 6.04 Å². The van der Waals surface area contributed by atoms with E-state index in [-0.39, 0.29) is 0 Å². The molecule has 2 rings (SSSR count). The average molecular weight is 192 g/mol. The Morgan fingerprint density at radius 2 is 2.00 bits per heavy atom. The number of hydrogen-bond acceptors (Lipinski definition) is 2. The third-order valence-corrected chi connectivity index (χ3v) is 3.02. The first-order chi connectivity index (χ1) is 6.88. The number of nitrogens with two attached hydrogens (primary N) is 1. The predicted molar refractivity (Wildman–Crippen MR) is 55.1 cm³/mol. The van der Waals surface area contributed by atoms with Gasteiger partial charge in [0.15, 0.2) is 18.9 Å². The smallest absolute Gasteiger partial charge is 0.168 e. The molecule has 2 unspecified atom stereocenters. The van der Waals surface area contributed by atoms with Crippen LogP contribution < -0.4 is 15.8 Å². The van der Waals surface area contributed by atoms with Gasteiger partial charge in [-0.05, 0) is 19.3 Å². The third kappa shape index (κ3) is 2.30. The molecule has 1 aliphatic carbocycles. The van der Waals surface area contributed by atoms with E-state index < -0.39 is 0 Å². The molecule has 0 bridgehead atoms. The van der Waals surface area contributed by atoms with E-state index in [4.69, 9.17) is 5.84 Å². The fraction of sp³-hybridized carbons (Fsp3) is 0.545. The molecule has 0 aromatic carbocycles. The molecule has 0 saturated heterocycles. The van der Waals surface area contributed by atoms with Crippen molar-refractivity contribution in [1.29, 1.82) is 0 Å². The summed E-state index contributed by atoms with van der Waals surface area (Å²) in [7, 11) is 0. The molecule has 1 aromatic rings. The molecule has 76 valence electrons. The maximum Gasteiger partial charge on any atom is 0.168 e. The maximum atomic E-state index is 5.43. The van der Waals surface area contributed by atoms with E-state index in [1.54, 1.807) is 0 Å². The van der Waals surface area contributed by atoms with E-state index in [1.165, 1.54) is 19.3 Å². The second-order valence-electron chi connectivity index (χ2n) is 4.11. The first-order valence-electron chi connectivity index (χ1n) is 5.28. The Balaban J connectivity index is 1.88. The SMILES string of the molecule is NNC1CCC(C[n+]2ccccc2)C1. The van der Waals surface area contributed by atoms with Crippen molar-refractivity contribution < 1.29 is 4.57 Å². The molecule has 1 aromatic heterocycles. The van der Waals surface area contributed by atoms with Gasteiger partial charge < -0.3 is 0 Å². The summed E-state index contributed by atoms with van der Waals surface area (Å²) in [6, 6.07) is 6.74. The lowest BCUT2D eigenvalue weighted by molar-refractivity contribution is -0.703. The zero-order valence-corrected chi connectivity index (χ0v) is 8.39. The molecule has 0 amide bonds. The van der Waals surface area contributed by atoms with E-state index in [9.17, 15) is 0 Å². The largest absolute Gasteiger partial charge is 0.271 e. The number of nitrogens with one attached hydrogen (secondary N) is 1. The zero-order valence-electron chi connectivity index (χ0n) is 8.39. The summed E-state index contributed by atoms with van der Waals surface area (Å²) in [6.45, 7) is 1.12. The Bertz CT molecular complexity index is 273. The van der Waals surface area contributed by atoms with Gasteiger partial charge in [-0.1, -0.05) is 6.07 Å². The summed E-state index contributed by atoms with van der Waals surface area (Å²) in [5.74, 6) is 6.21.